The summed E-state index contributed by atoms with van der Waals surface area (Å²) >= 11 is 0. The molecule has 0 saturated carbocycles. The Hall–Kier alpha value is -2.74. The summed E-state index contributed by atoms with van der Waals surface area (Å²) in [7, 11) is 0. The molecule has 1 aromatic heterocycles. The summed E-state index contributed by atoms with van der Waals surface area (Å²) in [6, 6.07) is 19.2. The maximum atomic E-state index is 3.56. The molecule has 0 atom stereocenters. The van der Waals surface area contributed by atoms with Crippen LogP contribution in [0, 0.1) is 0 Å². The molecule has 94 valence electrons. The maximum Gasteiger partial charge on any atom is 0.0574 e. The Bertz CT molecular complexity index is 1050. The summed E-state index contributed by atoms with van der Waals surface area (Å²) < 4.78 is 0. The molecule has 0 radical (unpaired) electrons. The molecule has 2 aromatic carbocycles. The number of hydrogen-bond donors (Lipinski definition) is 2. The molecule has 1 aliphatic heterocycles. The number of rotatable bonds is 0. The van der Waals surface area contributed by atoms with E-state index in [9.17, 15) is 0 Å². The molecule has 5 rings (SSSR count). The fourth-order valence-electron chi connectivity index (χ4n) is 3.25. The minimum absolute atomic E-state index is 1.19. The number of para-hydroxylation sites is 1. The van der Waals surface area contributed by atoms with Crippen molar-refractivity contribution < 1.29 is 0 Å². The van der Waals surface area contributed by atoms with Crippen molar-refractivity contribution in [1.29, 1.82) is 0 Å². The number of fused-ring (bicyclic) bond motifs is 7. The first-order chi connectivity index (χ1) is 9.92. The van der Waals surface area contributed by atoms with E-state index in [1.165, 1.54) is 43.8 Å². The molecule has 20 heavy (non-hydrogen) atoms. The smallest absolute Gasteiger partial charge is 0.0574 e. The van der Waals surface area contributed by atoms with E-state index < -0.39 is 0 Å². The molecule has 0 saturated heterocycles. The van der Waals surface area contributed by atoms with Gasteiger partial charge in [-0.05, 0) is 17.5 Å². The van der Waals surface area contributed by atoms with Crippen LogP contribution in [0.2, 0.25) is 0 Å². The molecule has 0 unspecified atom stereocenters. The lowest BCUT2D eigenvalue weighted by Gasteiger charge is -2.02. The van der Waals surface area contributed by atoms with Crippen LogP contribution >= 0.6 is 0 Å². The zero-order chi connectivity index (χ0) is 13.1. The fraction of sp³-hybridized carbons (Fsp3) is 0. The molecule has 0 spiro atoms. The van der Waals surface area contributed by atoms with Gasteiger partial charge in [0.05, 0.1) is 11.2 Å². The van der Waals surface area contributed by atoms with E-state index in [1.807, 2.05) is 0 Å². The topological polar surface area (TPSA) is 31.6 Å². The van der Waals surface area contributed by atoms with Crippen LogP contribution in [0.5, 0.6) is 0 Å². The standard InChI is InChI=1S/C18H12N2/c1-2-6-12-11(5-1)9-14-17(12)19-10-15-13-7-3-4-8-16(13)20-18(14)15/h1-10,19-20H. The third kappa shape index (κ3) is 1.14. The first kappa shape index (κ1) is 10.1. The summed E-state index contributed by atoms with van der Waals surface area (Å²) in [4.78, 5) is 7.04. The second-order valence-corrected chi connectivity index (χ2v) is 5.27. The second kappa shape index (κ2) is 3.42. The summed E-state index contributed by atoms with van der Waals surface area (Å²) in [5.74, 6) is 0. The zero-order valence-corrected chi connectivity index (χ0v) is 10.8. The largest absolute Gasteiger partial charge is 0.360 e. The minimum atomic E-state index is 1.19. The molecule has 2 N–H and O–H groups in total. The van der Waals surface area contributed by atoms with E-state index >= 15 is 0 Å². The Kier molecular flexibility index (Phi) is 1.73. The van der Waals surface area contributed by atoms with E-state index in [2.05, 4.69) is 70.8 Å². The highest BCUT2D eigenvalue weighted by Gasteiger charge is 2.15. The monoisotopic (exact) mass is 256 g/mol. The third-order valence-corrected chi connectivity index (χ3v) is 4.18. The van der Waals surface area contributed by atoms with Crippen LogP contribution < -0.4 is 0 Å². The van der Waals surface area contributed by atoms with Crippen molar-refractivity contribution in [2.45, 2.75) is 0 Å². The number of benzene rings is 2. The maximum absolute atomic E-state index is 3.56. The lowest BCUT2D eigenvalue weighted by Crippen LogP contribution is -1.82. The lowest BCUT2D eigenvalue weighted by atomic mass is 10.1. The van der Waals surface area contributed by atoms with Crippen molar-refractivity contribution in [2.75, 3.05) is 0 Å². The Morgan fingerprint density at radius 1 is 0.750 bits per heavy atom. The van der Waals surface area contributed by atoms with Gasteiger partial charge in [-0.15, -0.1) is 0 Å². The van der Waals surface area contributed by atoms with Gasteiger partial charge in [-0.3, -0.25) is 0 Å². The zero-order valence-electron chi connectivity index (χ0n) is 10.8. The van der Waals surface area contributed by atoms with Crippen molar-refractivity contribution in [3.63, 3.8) is 0 Å². The van der Waals surface area contributed by atoms with Gasteiger partial charge in [0.1, 0.15) is 0 Å². The van der Waals surface area contributed by atoms with Gasteiger partial charge in [-0.2, -0.15) is 0 Å². The van der Waals surface area contributed by atoms with Crippen LogP contribution in [-0.2, 0) is 0 Å². The highest BCUT2D eigenvalue weighted by Crippen LogP contribution is 2.39. The number of aromatic nitrogens is 2. The Labute approximate surface area is 115 Å². The molecular weight excluding hydrogens is 244 g/mol. The highest BCUT2D eigenvalue weighted by molar-refractivity contribution is 6.16. The van der Waals surface area contributed by atoms with E-state index in [-0.39, 0.29) is 0 Å². The molecule has 2 heterocycles. The SMILES string of the molecule is c1ccc2c3[nH]cc4c([nH]c5ccccc54)c-3cc2c1. The van der Waals surface area contributed by atoms with Crippen LogP contribution in [0.3, 0.4) is 0 Å². The van der Waals surface area contributed by atoms with Crippen molar-refractivity contribution in [3.05, 3.63) is 60.8 Å². The Balaban J connectivity index is 2.05. The van der Waals surface area contributed by atoms with Crippen molar-refractivity contribution in [1.82, 2.24) is 9.97 Å². The van der Waals surface area contributed by atoms with Crippen molar-refractivity contribution >= 4 is 32.6 Å². The molecule has 0 amide bonds. The van der Waals surface area contributed by atoms with Gasteiger partial charge in [0.15, 0.2) is 0 Å². The van der Waals surface area contributed by atoms with E-state index in [0.717, 1.165) is 0 Å². The van der Waals surface area contributed by atoms with Crippen molar-refractivity contribution in [2.24, 2.45) is 0 Å². The van der Waals surface area contributed by atoms with Gasteiger partial charge < -0.3 is 9.97 Å². The quantitative estimate of drug-likeness (QED) is 0.394. The normalized spacial score (nSPS) is 12.0. The van der Waals surface area contributed by atoms with E-state index in [4.69, 9.17) is 0 Å². The average molecular weight is 256 g/mol. The highest BCUT2D eigenvalue weighted by atomic mass is 14.8. The first-order valence-electron chi connectivity index (χ1n) is 6.81. The number of nitrogens with one attached hydrogen (secondary N) is 2. The minimum Gasteiger partial charge on any atom is -0.360 e. The van der Waals surface area contributed by atoms with Crippen LogP contribution in [-0.4, -0.2) is 9.97 Å². The van der Waals surface area contributed by atoms with Gasteiger partial charge in [-0.25, -0.2) is 0 Å². The summed E-state index contributed by atoms with van der Waals surface area (Å²) in [6.07, 6.45) is 2.11. The average Bonchev–Trinajstić information content (AvgIpc) is 3.05. The molecule has 2 aliphatic rings. The first-order valence-corrected chi connectivity index (χ1v) is 6.81. The van der Waals surface area contributed by atoms with Gasteiger partial charge in [0, 0.05) is 33.4 Å². The van der Waals surface area contributed by atoms with Gasteiger partial charge >= 0.3 is 0 Å². The molecule has 2 heteroatoms. The number of aromatic amines is 2. The van der Waals surface area contributed by atoms with E-state index in [1.54, 1.807) is 0 Å². The van der Waals surface area contributed by atoms with Crippen LogP contribution in [0.25, 0.3) is 43.8 Å². The van der Waals surface area contributed by atoms with Gasteiger partial charge in [0.2, 0.25) is 0 Å². The molecular formula is C18H12N2. The summed E-state index contributed by atoms with van der Waals surface area (Å²) in [5, 5.41) is 5.09. The van der Waals surface area contributed by atoms with Crippen LogP contribution in [0.4, 0.5) is 0 Å². The van der Waals surface area contributed by atoms with Crippen LogP contribution in [0.1, 0.15) is 0 Å². The molecule has 1 aliphatic carbocycles. The number of pyridine rings is 1. The lowest BCUT2D eigenvalue weighted by molar-refractivity contribution is 1.38. The van der Waals surface area contributed by atoms with E-state index in [0.29, 0.717) is 0 Å². The summed E-state index contributed by atoms with van der Waals surface area (Å²) in [6.45, 7) is 0. The Morgan fingerprint density at radius 2 is 1.55 bits per heavy atom. The van der Waals surface area contributed by atoms with Crippen molar-refractivity contribution in [3.8, 4) is 11.3 Å². The Morgan fingerprint density at radius 3 is 2.50 bits per heavy atom. The fourth-order valence-corrected chi connectivity index (χ4v) is 3.25. The number of hydrogen-bond acceptors (Lipinski definition) is 0. The molecule has 3 aromatic rings. The molecule has 0 fully saturated rings. The summed E-state index contributed by atoms with van der Waals surface area (Å²) in [5.41, 5.74) is 4.88. The predicted octanol–water partition coefficient (Wildman–Crippen LogP) is 4.91. The molecule has 2 nitrogen and oxygen atoms in total. The molecule has 0 bridgehead atoms. The van der Waals surface area contributed by atoms with Gasteiger partial charge in [-0.1, -0.05) is 42.5 Å². The third-order valence-electron chi connectivity index (χ3n) is 4.18. The van der Waals surface area contributed by atoms with Crippen LogP contribution in [0.15, 0.2) is 60.8 Å². The number of H-pyrrole nitrogens is 2. The second-order valence-electron chi connectivity index (χ2n) is 5.27. The predicted molar refractivity (Wildman–Crippen MR) is 84.3 cm³/mol. The van der Waals surface area contributed by atoms with Gasteiger partial charge in [0.25, 0.3) is 0 Å².